The number of hydrogen-bond donors (Lipinski definition) is 0. The number of rotatable bonds is 5. The van der Waals surface area contributed by atoms with Crippen LogP contribution in [0.2, 0.25) is 0 Å². The van der Waals surface area contributed by atoms with Gasteiger partial charge in [-0.3, -0.25) is 9.69 Å². The molecule has 110 valence electrons. The lowest BCUT2D eigenvalue weighted by Gasteiger charge is -2.34. The minimum absolute atomic E-state index is 0.184. The van der Waals surface area contributed by atoms with E-state index in [0.29, 0.717) is 13.1 Å². The molecule has 1 heterocycles. The van der Waals surface area contributed by atoms with Gasteiger partial charge in [0, 0.05) is 26.2 Å². The van der Waals surface area contributed by atoms with Crippen LogP contribution in [0.5, 0.6) is 0 Å². The Morgan fingerprint density at radius 3 is 2.50 bits per heavy atom. The highest BCUT2D eigenvalue weighted by atomic mass is 19.1. The first-order valence-corrected chi connectivity index (χ1v) is 7.48. The minimum Gasteiger partial charge on any atom is -0.336 e. The molecule has 0 bridgehead atoms. The van der Waals surface area contributed by atoms with Gasteiger partial charge in [-0.1, -0.05) is 31.9 Å². The molecule has 1 saturated heterocycles. The second-order valence-electron chi connectivity index (χ2n) is 5.32. The van der Waals surface area contributed by atoms with E-state index < -0.39 is 5.82 Å². The zero-order valence-corrected chi connectivity index (χ0v) is 12.1. The molecular formula is C16H23FN2O. The zero-order valence-electron chi connectivity index (χ0n) is 12.1. The summed E-state index contributed by atoms with van der Waals surface area (Å²) in [6, 6.07) is 6.22. The molecule has 3 nitrogen and oxygen atoms in total. The predicted molar refractivity (Wildman–Crippen MR) is 78.3 cm³/mol. The molecule has 1 aromatic rings. The third-order valence-electron chi connectivity index (χ3n) is 3.84. The average Bonchev–Trinajstić information content (AvgIpc) is 2.48. The Labute approximate surface area is 120 Å². The summed E-state index contributed by atoms with van der Waals surface area (Å²) >= 11 is 0. The highest BCUT2D eigenvalue weighted by Crippen LogP contribution is 2.12. The van der Waals surface area contributed by atoms with Gasteiger partial charge < -0.3 is 4.90 Å². The van der Waals surface area contributed by atoms with E-state index in [2.05, 4.69) is 11.8 Å². The maximum Gasteiger partial charge on any atom is 0.256 e. The number of benzene rings is 1. The van der Waals surface area contributed by atoms with Crippen molar-refractivity contribution in [3.8, 4) is 0 Å². The summed E-state index contributed by atoms with van der Waals surface area (Å²) in [6.07, 6.45) is 3.71. The smallest absolute Gasteiger partial charge is 0.256 e. The first-order valence-electron chi connectivity index (χ1n) is 7.48. The van der Waals surface area contributed by atoms with Crippen molar-refractivity contribution in [2.45, 2.75) is 26.2 Å². The van der Waals surface area contributed by atoms with E-state index in [-0.39, 0.29) is 11.5 Å². The van der Waals surface area contributed by atoms with Crippen LogP contribution < -0.4 is 0 Å². The number of unbranched alkanes of at least 4 members (excludes halogenated alkanes) is 2. The number of hydrogen-bond acceptors (Lipinski definition) is 2. The Morgan fingerprint density at radius 2 is 1.85 bits per heavy atom. The Morgan fingerprint density at radius 1 is 1.15 bits per heavy atom. The van der Waals surface area contributed by atoms with Crippen molar-refractivity contribution >= 4 is 5.91 Å². The number of carbonyl (C=O) groups excluding carboxylic acids is 1. The van der Waals surface area contributed by atoms with Crippen LogP contribution in [0.3, 0.4) is 0 Å². The van der Waals surface area contributed by atoms with Crippen molar-refractivity contribution in [3.05, 3.63) is 35.6 Å². The number of amides is 1. The molecule has 1 aromatic carbocycles. The summed E-state index contributed by atoms with van der Waals surface area (Å²) in [7, 11) is 0. The zero-order chi connectivity index (χ0) is 14.4. The molecule has 0 saturated carbocycles. The van der Waals surface area contributed by atoms with Crippen molar-refractivity contribution in [1.29, 1.82) is 0 Å². The van der Waals surface area contributed by atoms with Crippen LogP contribution in [-0.2, 0) is 0 Å². The summed E-state index contributed by atoms with van der Waals surface area (Å²) in [6.45, 7) is 6.48. The lowest BCUT2D eigenvalue weighted by molar-refractivity contribution is 0.0631. The fourth-order valence-corrected chi connectivity index (χ4v) is 2.56. The van der Waals surface area contributed by atoms with Crippen LogP contribution in [0.15, 0.2) is 24.3 Å². The fraction of sp³-hybridized carbons (Fsp3) is 0.562. The van der Waals surface area contributed by atoms with Crippen molar-refractivity contribution in [1.82, 2.24) is 9.80 Å². The summed E-state index contributed by atoms with van der Waals surface area (Å²) in [5, 5.41) is 0. The van der Waals surface area contributed by atoms with E-state index in [9.17, 15) is 9.18 Å². The Balaban J connectivity index is 1.85. The second kappa shape index (κ2) is 7.39. The van der Waals surface area contributed by atoms with Gasteiger partial charge in [-0.2, -0.15) is 0 Å². The average molecular weight is 278 g/mol. The summed E-state index contributed by atoms with van der Waals surface area (Å²) < 4.78 is 13.6. The number of carbonyl (C=O) groups is 1. The lowest BCUT2D eigenvalue weighted by atomic mass is 10.1. The van der Waals surface area contributed by atoms with Crippen molar-refractivity contribution in [3.63, 3.8) is 0 Å². The minimum atomic E-state index is -0.428. The molecule has 1 amide bonds. The maximum absolute atomic E-state index is 13.6. The maximum atomic E-state index is 13.6. The van der Waals surface area contributed by atoms with E-state index in [4.69, 9.17) is 0 Å². The molecule has 4 heteroatoms. The van der Waals surface area contributed by atoms with Gasteiger partial charge in [0.25, 0.3) is 5.91 Å². The van der Waals surface area contributed by atoms with Gasteiger partial charge in [-0.05, 0) is 25.1 Å². The topological polar surface area (TPSA) is 23.6 Å². The Bertz CT molecular complexity index is 442. The molecule has 2 rings (SSSR count). The standard InChI is InChI=1S/C16H23FN2O/c1-2-3-6-9-18-10-12-19(13-11-18)16(20)14-7-4-5-8-15(14)17/h4-5,7-8H,2-3,6,9-13H2,1H3. The fourth-order valence-electron chi connectivity index (χ4n) is 2.56. The first-order chi connectivity index (χ1) is 9.72. The molecule has 0 N–H and O–H groups in total. The van der Waals surface area contributed by atoms with Gasteiger partial charge in [0.15, 0.2) is 0 Å². The molecule has 0 spiro atoms. The largest absolute Gasteiger partial charge is 0.336 e. The van der Waals surface area contributed by atoms with Crippen LogP contribution in [0.4, 0.5) is 4.39 Å². The van der Waals surface area contributed by atoms with Crippen LogP contribution in [0.25, 0.3) is 0 Å². The molecule has 1 fully saturated rings. The highest BCUT2D eigenvalue weighted by molar-refractivity contribution is 5.94. The highest BCUT2D eigenvalue weighted by Gasteiger charge is 2.23. The molecule has 0 unspecified atom stereocenters. The molecule has 1 aliphatic heterocycles. The van der Waals surface area contributed by atoms with Gasteiger partial charge >= 0.3 is 0 Å². The third kappa shape index (κ3) is 3.79. The molecule has 20 heavy (non-hydrogen) atoms. The number of piperazine rings is 1. The monoisotopic (exact) mass is 278 g/mol. The van der Waals surface area contributed by atoms with Crippen molar-refractivity contribution in [2.75, 3.05) is 32.7 Å². The van der Waals surface area contributed by atoms with Crippen molar-refractivity contribution < 1.29 is 9.18 Å². The van der Waals surface area contributed by atoms with Gasteiger partial charge in [-0.15, -0.1) is 0 Å². The quantitative estimate of drug-likeness (QED) is 0.773. The van der Waals surface area contributed by atoms with Crippen molar-refractivity contribution in [2.24, 2.45) is 0 Å². The van der Waals surface area contributed by atoms with E-state index >= 15 is 0 Å². The molecule has 1 aliphatic rings. The Kier molecular flexibility index (Phi) is 5.53. The third-order valence-corrected chi connectivity index (χ3v) is 3.84. The second-order valence-corrected chi connectivity index (χ2v) is 5.32. The van der Waals surface area contributed by atoms with E-state index in [1.165, 1.54) is 25.3 Å². The van der Waals surface area contributed by atoms with Crippen LogP contribution in [0, 0.1) is 5.82 Å². The van der Waals surface area contributed by atoms with Gasteiger partial charge in [-0.25, -0.2) is 4.39 Å². The molecule has 0 radical (unpaired) electrons. The van der Waals surface area contributed by atoms with Gasteiger partial charge in [0.1, 0.15) is 5.82 Å². The SMILES string of the molecule is CCCCCN1CCN(C(=O)c2ccccc2F)CC1. The van der Waals surface area contributed by atoms with Crippen LogP contribution in [0.1, 0.15) is 36.5 Å². The lowest BCUT2D eigenvalue weighted by Crippen LogP contribution is -2.49. The van der Waals surface area contributed by atoms with Gasteiger partial charge in [0.2, 0.25) is 0 Å². The van der Waals surface area contributed by atoms with E-state index in [1.54, 1.807) is 23.1 Å². The van der Waals surface area contributed by atoms with Crippen LogP contribution >= 0.6 is 0 Å². The van der Waals surface area contributed by atoms with E-state index in [0.717, 1.165) is 19.6 Å². The number of nitrogens with zero attached hydrogens (tertiary/aromatic N) is 2. The summed E-state index contributed by atoms with van der Waals surface area (Å²) in [5.74, 6) is -0.612. The normalized spacial score (nSPS) is 16.4. The molecule has 0 aromatic heterocycles. The molecule has 0 aliphatic carbocycles. The molecule has 0 atom stereocenters. The summed E-state index contributed by atoms with van der Waals surface area (Å²) in [5.41, 5.74) is 0.187. The first kappa shape index (κ1) is 15.0. The van der Waals surface area contributed by atoms with Crippen LogP contribution in [-0.4, -0.2) is 48.4 Å². The van der Waals surface area contributed by atoms with Gasteiger partial charge in [0.05, 0.1) is 5.56 Å². The predicted octanol–water partition coefficient (Wildman–Crippen LogP) is 2.77. The van der Waals surface area contributed by atoms with E-state index in [1.807, 2.05) is 0 Å². The number of halogens is 1. The molecular weight excluding hydrogens is 255 g/mol. The summed E-state index contributed by atoms with van der Waals surface area (Å²) in [4.78, 5) is 16.4. The Hall–Kier alpha value is -1.42.